The second kappa shape index (κ2) is 4.44. The van der Waals surface area contributed by atoms with Gasteiger partial charge >= 0.3 is 0 Å². The highest BCUT2D eigenvalue weighted by Crippen LogP contribution is 2.35. The lowest BCUT2D eigenvalue weighted by Crippen LogP contribution is -1.94. The van der Waals surface area contributed by atoms with Crippen LogP contribution in [0.3, 0.4) is 0 Å². The number of furan rings is 1. The average molecular weight is 278 g/mol. The normalized spacial score (nSPS) is 10.8. The Morgan fingerprint density at radius 2 is 2.16 bits per heavy atom. The number of anilines is 3. The first-order valence-corrected chi connectivity index (χ1v) is 5.87. The van der Waals surface area contributed by atoms with Gasteiger partial charge in [-0.25, -0.2) is 4.39 Å². The van der Waals surface area contributed by atoms with Crippen LogP contribution in [0.4, 0.5) is 21.6 Å². The molecular weight excluding hydrogens is 269 g/mol. The Hall–Kier alpha value is -2.27. The first-order valence-electron chi connectivity index (χ1n) is 5.49. The lowest BCUT2D eigenvalue weighted by molar-refractivity contribution is 0.628. The molecule has 0 aliphatic carbocycles. The topological polar surface area (TPSA) is 64.1 Å². The highest BCUT2D eigenvalue weighted by atomic mass is 35.5. The number of rotatable bonds is 2. The summed E-state index contributed by atoms with van der Waals surface area (Å²) in [5.41, 5.74) is 7.62. The average Bonchev–Trinajstić information content (AvgIpc) is 2.71. The number of fused-ring (bicyclic) bond motifs is 1. The predicted octanol–water partition coefficient (Wildman–Crippen LogP) is 3.95. The number of hydrogen-bond donors (Lipinski definition) is 2. The first kappa shape index (κ1) is 11.8. The second-order valence-corrected chi connectivity index (χ2v) is 4.37. The van der Waals surface area contributed by atoms with Crippen LogP contribution in [0.5, 0.6) is 0 Å². The number of pyridine rings is 1. The van der Waals surface area contributed by atoms with E-state index in [4.69, 9.17) is 21.8 Å². The maximum absolute atomic E-state index is 13.1. The quantitative estimate of drug-likeness (QED) is 0.744. The fraction of sp³-hybridized carbons (Fsp3) is 0. The van der Waals surface area contributed by atoms with E-state index in [2.05, 4.69) is 10.3 Å². The Labute approximate surface area is 113 Å². The van der Waals surface area contributed by atoms with Gasteiger partial charge in [0.05, 0.1) is 11.2 Å². The molecule has 0 saturated heterocycles. The van der Waals surface area contributed by atoms with Crippen LogP contribution in [-0.2, 0) is 0 Å². The van der Waals surface area contributed by atoms with Crippen molar-refractivity contribution in [2.75, 3.05) is 11.1 Å². The molecule has 3 aromatic rings. The van der Waals surface area contributed by atoms with E-state index in [9.17, 15) is 4.39 Å². The van der Waals surface area contributed by atoms with E-state index >= 15 is 0 Å². The zero-order chi connectivity index (χ0) is 13.4. The summed E-state index contributed by atoms with van der Waals surface area (Å²) in [7, 11) is 0. The van der Waals surface area contributed by atoms with E-state index in [0.29, 0.717) is 17.0 Å². The smallest absolute Gasteiger partial charge is 0.215 e. The fourth-order valence-electron chi connectivity index (χ4n) is 1.82. The van der Waals surface area contributed by atoms with Crippen molar-refractivity contribution >= 4 is 39.8 Å². The second-order valence-electron chi connectivity index (χ2n) is 3.97. The van der Waals surface area contributed by atoms with Crippen LogP contribution < -0.4 is 11.1 Å². The fourth-order valence-corrected chi connectivity index (χ4v) is 2.00. The number of aromatic nitrogens is 1. The third-order valence-corrected chi connectivity index (χ3v) is 3.00. The zero-order valence-electron chi connectivity index (χ0n) is 9.65. The molecule has 1 aromatic carbocycles. The van der Waals surface area contributed by atoms with E-state index in [1.807, 2.05) is 0 Å². The van der Waals surface area contributed by atoms with Gasteiger partial charge in [0.25, 0.3) is 0 Å². The minimum absolute atomic E-state index is 0.0399. The Morgan fingerprint density at radius 3 is 2.95 bits per heavy atom. The van der Waals surface area contributed by atoms with Gasteiger partial charge in [-0.05, 0) is 24.3 Å². The molecule has 2 heterocycles. The summed E-state index contributed by atoms with van der Waals surface area (Å²) < 4.78 is 18.5. The van der Waals surface area contributed by atoms with Crippen LogP contribution in [0.15, 0.2) is 41.1 Å². The SMILES string of the molecule is Nc1oc2cnccc2c1Nc1ccc(F)c(Cl)c1. The van der Waals surface area contributed by atoms with Crippen LogP contribution in [0.25, 0.3) is 11.0 Å². The Balaban J connectivity index is 2.05. The molecule has 0 amide bonds. The summed E-state index contributed by atoms with van der Waals surface area (Å²) in [6, 6.07) is 6.12. The third-order valence-electron chi connectivity index (χ3n) is 2.71. The molecule has 0 saturated carbocycles. The van der Waals surface area contributed by atoms with Crippen molar-refractivity contribution in [2.45, 2.75) is 0 Å². The van der Waals surface area contributed by atoms with Crippen molar-refractivity contribution in [1.82, 2.24) is 4.98 Å². The number of nitrogens with two attached hydrogens (primary N) is 1. The zero-order valence-corrected chi connectivity index (χ0v) is 10.4. The molecule has 0 spiro atoms. The maximum Gasteiger partial charge on any atom is 0.215 e. The van der Waals surface area contributed by atoms with E-state index < -0.39 is 5.82 Å². The van der Waals surface area contributed by atoms with E-state index in [1.54, 1.807) is 24.5 Å². The standard InChI is InChI=1S/C13H9ClFN3O/c14-9-5-7(1-2-10(9)15)18-12-8-3-4-17-6-11(8)19-13(12)16/h1-6,18H,16H2. The Kier molecular flexibility index (Phi) is 2.76. The van der Waals surface area contributed by atoms with Gasteiger partial charge in [-0.15, -0.1) is 0 Å². The molecule has 96 valence electrons. The first-order chi connectivity index (χ1) is 9.15. The minimum Gasteiger partial charge on any atom is -0.437 e. The van der Waals surface area contributed by atoms with Gasteiger partial charge in [0.1, 0.15) is 11.5 Å². The molecule has 0 atom stereocenters. The minimum atomic E-state index is -0.471. The van der Waals surface area contributed by atoms with Crippen LogP contribution in [0.1, 0.15) is 0 Å². The molecule has 6 heteroatoms. The molecule has 3 rings (SSSR count). The summed E-state index contributed by atoms with van der Waals surface area (Å²) >= 11 is 5.73. The van der Waals surface area contributed by atoms with Crippen molar-refractivity contribution in [3.8, 4) is 0 Å². The number of benzene rings is 1. The number of hydrogen-bond acceptors (Lipinski definition) is 4. The third kappa shape index (κ3) is 2.08. The highest BCUT2D eigenvalue weighted by molar-refractivity contribution is 6.31. The van der Waals surface area contributed by atoms with Gasteiger partial charge in [0.2, 0.25) is 5.88 Å². The van der Waals surface area contributed by atoms with Crippen molar-refractivity contribution in [3.05, 3.63) is 47.5 Å². The maximum atomic E-state index is 13.1. The van der Waals surface area contributed by atoms with Crippen molar-refractivity contribution in [3.63, 3.8) is 0 Å². The van der Waals surface area contributed by atoms with Gasteiger partial charge < -0.3 is 15.5 Å². The molecule has 0 bridgehead atoms. The molecule has 0 radical (unpaired) electrons. The van der Waals surface area contributed by atoms with E-state index in [-0.39, 0.29) is 10.9 Å². The van der Waals surface area contributed by atoms with Gasteiger partial charge in [-0.1, -0.05) is 11.6 Å². The van der Waals surface area contributed by atoms with Crippen molar-refractivity contribution < 1.29 is 8.81 Å². The molecule has 4 nitrogen and oxygen atoms in total. The van der Waals surface area contributed by atoms with Crippen LogP contribution >= 0.6 is 11.6 Å². The Morgan fingerprint density at radius 1 is 1.32 bits per heavy atom. The van der Waals surface area contributed by atoms with Crippen LogP contribution in [0.2, 0.25) is 5.02 Å². The van der Waals surface area contributed by atoms with Gasteiger partial charge in [0.15, 0.2) is 5.58 Å². The van der Waals surface area contributed by atoms with Gasteiger partial charge in [-0.3, -0.25) is 4.98 Å². The molecule has 19 heavy (non-hydrogen) atoms. The van der Waals surface area contributed by atoms with Gasteiger partial charge in [-0.2, -0.15) is 0 Å². The van der Waals surface area contributed by atoms with Crippen molar-refractivity contribution in [1.29, 1.82) is 0 Å². The summed E-state index contributed by atoms with van der Waals surface area (Å²) in [4.78, 5) is 3.95. The molecule has 0 fully saturated rings. The summed E-state index contributed by atoms with van der Waals surface area (Å²) in [6.07, 6.45) is 3.22. The number of nitrogen functional groups attached to an aromatic ring is 1. The summed E-state index contributed by atoms with van der Waals surface area (Å²) in [6.45, 7) is 0. The van der Waals surface area contributed by atoms with Crippen LogP contribution in [0, 0.1) is 5.82 Å². The Bertz CT molecular complexity index is 757. The molecular formula is C13H9ClFN3O. The van der Waals surface area contributed by atoms with E-state index in [0.717, 1.165) is 5.39 Å². The lowest BCUT2D eigenvalue weighted by atomic mass is 10.2. The number of nitrogens with one attached hydrogen (secondary N) is 1. The molecule has 0 aliphatic heterocycles. The predicted molar refractivity (Wildman–Crippen MR) is 73.1 cm³/mol. The molecule has 0 aliphatic rings. The van der Waals surface area contributed by atoms with Crippen LogP contribution in [-0.4, -0.2) is 4.98 Å². The molecule has 3 N–H and O–H groups in total. The highest BCUT2D eigenvalue weighted by Gasteiger charge is 2.12. The summed E-state index contributed by atoms with van der Waals surface area (Å²) in [5.74, 6) is -0.232. The van der Waals surface area contributed by atoms with Gasteiger partial charge in [0, 0.05) is 17.3 Å². The number of halogens is 2. The summed E-state index contributed by atoms with van der Waals surface area (Å²) in [5, 5.41) is 3.90. The largest absolute Gasteiger partial charge is 0.437 e. The monoisotopic (exact) mass is 277 g/mol. The molecule has 0 unspecified atom stereocenters. The number of nitrogens with zero attached hydrogens (tertiary/aromatic N) is 1. The molecule has 2 aromatic heterocycles. The van der Waals surface area contributed by atoms with E-state index in [1.165, 1.54) is 12.1 Å². The van der Waals surface area contributed by atoms with Crippen molar-refractivity contribution in [2.24, 2.45) is 0 Å². The lowest BCUT2D eigenvalue weighted by Gasteiger charge is -2.06.